The molecule has 5 nitrogen and oxygen atoms in total. The van der Waals surface area contributed by atoms with Crippen molar-refractivity contribution in [3.8, 4) is 0 Å². The second-order valence-electron chi connectivity index (χ2n) is 5.19. The molecule has 2 aromatic rings. The first kappa shape index (κ1) is 17.7. The van der Waals surface area contributed by atoms with E-state index in [1.807, 2.05) is 25.1 Å². The maximum atomic E-state index is 12.3. The Kier molecular flexibility index (Phi) is 5.64. The molecule has 2 rings (SSSR count). The first-order valence-electron chi connectivity index (χ1n) is 6.86. The third-order valence-electron chi connectivity index (χ3n) is 3.12. The molecule has 23 heavy (non-hydrogen) atoms. The van der Waals surface area contributed by atoms with E-state index in [2.05, 4.69) is 32.6 Å². The van der Waals surface area contributed by atoms with Crippen molar-refractivity contribution in [2.75, 3.05) is 11.0 Å². The van der Waals surface area contributed by atoms with E-state index in [0.29, 0.717) is 17.8 Å². The second-order valence-corrected chi connectivity index (χ2v) is 8.02. The van der Waals surface area contributed by atoms with Gasteiger partial charge in [-0.2, -0.15) is 0 Å². The number of rotatable bonds is 5. The molecule has 1 amide bonds. The lowest BCUT2D eigenvalue weighted by Gasteiger charge is -2.10. The van der Waals surface area contributed by atoms with Crippen molar-refractivity contribution in [1.29, 1.82) is 0 Å². The Morgan fingerprint density at radius 2 is 1.87 bits per heavy atom. The number of aryl methyl sites for hydroxylation is 1. The summed E-state index contributed by atoms with van der Waals surface area (Å²) in [6.07, 6.45) is 1.10. The highest BCUT2D eigenvalue weighted by Crippen LogP contribution is 2.17. The zero-order chi connectivity index (χ0) is 17.0. The molecule has 0 aliphatic carbocycles. The number of hydrogen-bond donors (Lipinski definition) is 2. The lowest BCUT2D eigenvalue weighted by Crippen LogP contribution is -2.24. The lowest BCUT2D eigenvalue weighted by atomic mass is 10.1. The molecule has 0 aromatic heterocycles. The van der Waals surface area contributed by atoms with Crippen LogP contribution in [0, 0.1) is 10.5 Å². The molecule has 0 atom stereocenters. The SMILES string of the molecule is Cc1cccc(C(=O)NCc2cccc(NS(C)(=O)=O)c2)c1I. The van der Waals surface area contributed by atoms with Crippen molar-refractivity contribution >= 4 is 44.2 Å². The van der Waals surface area contributed by atoms with E-state index in [4.69, 9.17) is 0 Å². The molecule has 0 spiro atoms. The summed E-state index contributed by atoms with van der Waals surface area (Å²) in [5.74, 6) is -0.153. The first-order valence-corrected chi connectivity index (χ1v) is 9.83. The zero-order valence-electron chi connectivity index (χ0n) is 12.8. The van der Waals surface area contributed by atoms with Gasteiger partial charge in [0.1, 0.15) is 0 Å². The van der Waals surface area contributed by atoms with E-state index < -0.39 is 10.0 Å². The molecule has 0 radical (unpaired) electrons. The molecule has 0 heterocycles. The number of carbonyl (C=O) groups is 1. The Labute approximate surface area is 149 Å². The summed E-state index contributed by atoms with van der Waals surface area (Å²) in [4.78, 5) is 12.3. The van der Waals surface area contributed by atoms with Crippen molar-refractivity contribution in [1.82, 2.24) is 5.32 Å². The van der Waals surface area contributed by atoms with Crippen LogP contribution >= 0.6 is 22.6 Å². The summed E-state index contributed by atoms with van der Waals surface area (Å²) in [7, 11) is -3.32. The van der Waals surface area contributed by atoms with Crippen LogP contribution in [0.4, 0.5) is 5.69 Å². The van der Waals surface area contributed by atoms with Gasteiger partial charge in [-0.1, -0.05) is 24.3 Å². The minimum absolute atomic E-state index is 0.153. The molecule has 0 unspecified atom stereocenters. The number of anilines is 1. The van der Waals surface area contributed by atoms with Crippen LogP contribution in [-0.2, 0) is 16.6 Å². The summed E-state index contributed by atoms with van der Waals surface area (Å²) in [5, 5.41) is 2.85. The maximum absolute atomic E-state index is 12.3. The number of sulfonamides is 1. The van der Waals surface area contributed by atoms with Gasteiger partial charge in [0.05, 0.1) is 11.8 Å². The maximum Gasteiger partial charge on any atom is 0.252 e. The summed E-state index contributed by atoms with van der Waals surface area (Å²) in [5.41, 5.74) is 2.98. The fourth-order valence-corrected chi connectivity index (χ4v) is 3.22. The van der Waals surface area contributed by atoms with Gasteiger partial charge in [0.25, 0.3) is 5.91 Å². The van der Waals surface area contributed by atoms with Gasteiger partial charge in [0.15, 0.2) is 0 Å². The summed E-state index contributed by atoms with van der Waals surface area (Å²) in [6.45, 7) is 2.28. The van der Waals surface area contributed by atoms with Gasteiger partial charge < -0.3 is 5.32 Å². The number of amides is 1. The second kappa shape index (κ2) is 7.31. The topological polar surface area (TPSA) is 75.3 Å². The Balaban J connectivity index is 2.07. The quantitative estimate of drug-likeness (QED) is 0.697. The molecule has 0 bridgehead atoms. The number of benzene rings is 2. The van der Waals surface area contributed by atoms with Gasteiger partial charge in [-0.15, -0.1) is 0 Å². The highest BCUT2D eigenvalue weighted by atomic mass is 127. The molecule has 0 saturated carbocycles. The van der Waals surface area contributed by atoms with Gasteiger partial charge in [-0.05, 0) is 58.8 Å². The highest BCUT2D eigenvalue weighted by Gasteiger charge is 2.11. The predicted molar refractivity (Wildman–Crippen MR) is 100.0 cm³/mol. The van der Waals surface area contributed by atoms with E-state index in [-0.39, 0.29) is 5.91 Å². The molecule has 2 N–H and O–H groups in total. The van der Waals surface area contributed by atoms with Crippen molar-refractivity contribution in [2.24, 2.45) is 0 Å². The third-order valence-corrected chi connectivity index (χ3v) is 5.16. The van der Waals surface area contributed by atoms with E-state index >= 15 is 0 Å². The summed E-state index contributed by atoms with van der Waals surface area (Å²) in [6, 6.07) is 12.5. The molecule has 0 fully saturated rings. The third kappa shape index (κ3) is 5.21. The Bertz CT molecular complexity index is 835. The zero-order valence-corrected chi connectivity index (χ0v) is 15.7. The van der Waals surface area contributed by atoms with E-state index in [1.54, 1.807) is 24.3 Å². The normalized spacial score (nSPS) is 11.1. The number of nitrogens with one attached hydrogen (secondary N) is 2. The fraction of sp³-hybridized carbons (Fsp3) is 0.188. The highest BCUT2D eigenvalue weighted by molar-refractivity contribution is 14.1. The van der Waals surface area contributed by atoms with Gasteiger partial charge in [0.2, 0.25) is 10.0 Å². The number of carbonyl (C=O) groups excluding carboxylic acids is 1. The lowest BCUT2D eigenvalue weighted by molar-refractivity contribution is 0.0950. The first-order chi connectivity index (χ1) is 10.8. The average Bonchev–Trinajstić information content (AvgIpc) is 2.46. The molecule has 7 heteroatoms. The number of hydrogen-bond acceptors (Lipinski definition) is 3. The van der Waals surface area contributed by atoms with Gasteiger partial charge >= 0.3 is 0 Å². The van der Waals surface area contributed by atoms with Gasteiger partial charge in [-0.25, -0.2) is 8.42 Å². The van der Waals surface area contributed by atoms with Crippen LogP contribution in [0.3, 0.4) is 0 Å². The molecule has 0 aliphatic rings. The monoisotopic (exact) mass is 444 g/mol. The van der Waals surface area contributed by atoms with Crippen molar-refractivity contribution in [2.45, 2.75) is 13.5 Å². The van der Waals surface area contributed by atoms with Crippen LogP contribution in [-0.4, -0.2) is 20.6 Å². The van der Waals surface area contributed by atoms with Crippen LogP contribution in [0.1, 0.15) is 21.5 Å². The summed E-state index contributed by atoms with van der Waals surface area (Å²) < 4.78 is 25.8. The minimum atomic E-state index is -3.32. The van der Waals surface area contributed by atoms with Crippen molar-refractivity contribution < 1.29 is 13.2 Å². The molecular formula is C16H17IN2O3S. The predicted octanol–water partition coefficient (Wildman–Crippen LogP) is 2.90. The largest absolute Gasteiger partial charge is 0.348 e. The fourth-order valence-electron chi connectivity index (χ4n) is 2.06. The van der Waals surface area contributed by atoms with E-state index in [0.717, 1.165) is 21.0 Å². The van der Waals surface area contributed by atoms with Crippen LogP contribution in [0.25, 0.3) is 0 Å². The van der Waals surface area contributed by atoms with Crippen molar-refractivity contribution in [3.05, 3.63) is 62.7 Å². The smallest absolute Gasteiger partial charge is 0.252 e. The van der Waals surface area contributed by atoms with Crippen LogP contribution in [0.2, 0.25) is 0 Å². The molecule has 2 aromatic carbocycles. The van der Waals surface area contributed by atoms with Crippen molar-refractivity contribution in [3.63, 3.8) is 0 Å². The Morgan fingerprint density at radius 3 is 2.57 bits per heavy atom. The van der Waals surface area contributed by atoms with E-state index in [9.17, 15) is 13.2 Å². The summed E-state index contributed by atoms with van der Waals surface area (Å²) >= 11 is 2.16. The Morgan fingerprint density at radius 1 is 1.17 bits per heavy atom. The molecule has 0 saturated heterocycles. The van der Waals surface area contributed by atoms with Gasteiger partial charge in [0, 0.05) is 15.8 Å². The standard InChI is InChI=1S/C16H17IN2O3S/c1-11-5-3-8-14(15(11)17)16(20)18-10-12-6-4-7-13(9-12)19-23(2,21)22/h3-9,19H,10H2,1-2H3,(H,18,20). The Hall–Kier alpha value is -1.61. The molecule has 0 aliphatic heterocycles. The minimum Gasteiger partial charge on any atom is -0.348 e. The van der Waals surface area contributed by atoms with E-state index in [1.165, 1.54) is 0 Å². The molecule has 122 valence electrons. The van der Waals surface area contributed by atoms with Crippen LogP contribution in [0.5, 0.6) is 0 Å². The van der Waals surface area contributed by atoms with Crippen LogP contribution < -0.4 is 10.0 Å². The molecular weight excluding hydrogens is 427 g/mol. The van der Waals surface area contributed by atoms with Gasteiger partial charge in [-0.3, -0.25) is 9.52 Å². The number of halogens is 1. The van der Waals surface area contributed by atoms with Crippen LogP contribution in [0.15, 0.2) is 42.5 Å². The average molecular weight is 444 g/mol.